The number of benzene rings is 1. The highest BCUT2D eigenvalue weighted by molar-refractivity contribution is 5.30. The summed E-state index contributed by atoms with van der Waals surface area (Å²) in [4.78, 5) is 0. The molecule has 1 atom stereocenters. The molecule has 102 valence electrons. The van der Waals surface area contributed by atoms with Gasteiger partial charge >= 0.3 is 6.18 Å². The lowest BCUT2D eigenvalue weighted by molar-refractivity contribution is -0.137. The highest BCUT2D eigenvalue weighted by Gasteiger charge is 2.30. The van der Waals surface area contributed by atoms with Crippen LogP contribution in [0.3, 0.4) is 0 Å². The van der Waals surface area contributed by atoms with Gasteiger partial charge in [0.1, 0.15) is 11.9 Å². The minimum Gasteiger partial charge on any atom is -0.489 e. The molecule has 0 bridgehead atoms. The molecule has 0 spiro atoms. The van der Waals surface area contributed by atoms with Crippen molar-refractivity contribution >= 4 is 0 Å². The Morgan fingerprint density at radius 2 is 1.89 bits per heavy atom. The zero-order valence-corrected chi connectivity index (χ0v) is 10.7. The van der Waals surface area contributed by atoms with Crippen molar-refractivity contribution in [2.45, 2.75) is 39.1 Å². The SMILES string of the molecule is CC(C)NCC(C)Oc1cccc(C(F)(F)F)c1. The lowest BCUT2D eigenvalue weighted by Gasteiger charge is -2.18. The maximum Gasteiger partial charge on any atom is 0.416 e. The molecule has 1 aromatic carbocycles. The first-order valence-electron chi connectivity index (χ1n) is 5.86. The molecule has 1 aromatic rings. The summed E-state index contributed by atoms with van der Waals surface area (Å²) < 4.78 is 42.9. The molecule has 1 rings (SSSR count). The lowest BCUT2D eigenvalue weighted by atomic mass is 10.2. The zero-order chi connectivity index (χ0) is 13.8. The summed E-state index contributed by atoms with van der Waals surface area (Å²) in [6.07, 6.45) is -4.52. The molecular formula is C13H18F3NO. The molecule has 5 heteroatoms. The third-order valence-corrected chi connectivity index (χ3v) is 2.31. The molecule has 18 heavy (non-hydrogen) atoms. The van der Waals surface area contributed by atoms with Crippen LogP contribution in [-0.4, -0.2) is 18.7 Å². The molecule has 0 radical (unpaired) electrons. The Bertz CT molecular complexity index is 377. The first-order chi connectivity index (χ1) is 8.29. The van der Waals surface area contributed by atoms with Crippen LogP contribution in [0.15, 0.2) is 24.3 Å². The van der Waals surface area contributed by atoms with Gasteiger partial charge in [0.25, 0.3) is 0 Å². The summed E-state index contributed by atoms with van der Waals surface area (Å²) in [5.74, 6) is 0.239. The highest BCUT2D eigenvalue weighted by Crippen LogP contribution is 2.31. The smallest absolute Gasteiger partial charge is 0.416 e. The van der Waals surface area contributed by atoms with E-state index in [1.165, 1.54) is 12.1 Å². The van der Waals surface area contributed by atoms with E-state index < -0.39 is 11.7 Å². The second-order valence-electron chi connectivity index (χ2n) is 4.52. The Balaban J connectivity index is 2.62. The van der Waals surface area contributed by atoms with Crippen molar-refractivity contribution in [1.82, 2.24) is 5.32 Å². The predicted molar refractivity (Wildman–Crippen MR) is 64.7 cm³/mol. The molecule has 0 saturated carbocycles. The van der Waals surface area contributed by atoms with Crippen molar-refractivity contribution < 1.29 is 17.9 Å². The van der Waals surface area contributed by atoms with E-state index in [4.69, 9.17) is 4.74 Å². The second-order valence-corrected chi connectivity index (χ2v) is 4.52. The average molecular weight is 261 g/mol. The summed E-state index contributed by atoms with van der Waals surface area (Å²) in [5, 5.41) is 3.16. The van der Waals surface area contributed by atoms with Gasteiger partial charge in [0.2, 0.25) is 0 Å². The van der Waals surface area contributed by atoms with E-state index in [1.807, 2.05) is 20.8 Å². The largest absolute Gasteiger partial charge is 0.489 e. The first-order valence-corrected chi connectivity index (χ1v) is 5.86. The Morgan fingerprint density at radius 3 is 2.44 bits per heavy atom. The quantitative estimate of drug-likeness (QED) is 0.876. The summed E-state index contributed by atoms with van der Waals surface area (Å²) >= 11 is 0. The van der Waals surface area contributed by atoms with Gasteiger partial charge in [0, 0.05) is 12.6 Å². The average Bonchev–Trinajstić information content (AvgIpc) is 2.25. The Morgan fingerprint density at radius 1 is 1.22 bits per heavy atom. The Labute approximate surface area is 105 Å². The minimum atomic E-state index is -4.33. The molecule has 0 amide bonds. The molecule has 0 aromatic heterocycles. The molecule has 0 aliphatic carbocycles. The number of ether oxygens (including phenoxy) is 1. The molecule has 0 aliphatic heterocycles. The van der Waals surface area contributed by atoms with Crippen LogP contribution in [-0.2, 0) is 6.18 Å². The summed E-state index contributed by atoms with van der Waals surface area (Å²) in [5.41, 5.74) is -0.691. The monoisotopic (exact) mass is 261 g/mol. The van der Waals surface area contributed by atoms with Gasteiger partial charge in [-0.1, -0.05) is 19.9 Å². The van der Waals surface area contributed by atoms with Crippen molar-refractivity contribution in [2.75, 3.05) is 6.54 Å². The summed E-state index contributed by atoms with van der Waals surface area (Å²) in [7, 11) is 0. The molecule has 2 nitrogen and oxygen atoms in total. The van der Waals surface area contributed by atoms with E-state index in [-0.39, 0.29) is 11.9 Å². The topological polar surface area (TPSA) is 21.3 Å². The van der Waals surface area contributed by atoms with Gasteiger partial charge in [0.15, 0.2) is 0 Å². The molecule has 0 heterocycles. The highest BCUT2D eigenvalue weighted by atomic mass is 19.4. The molecule has 1 unspecified atom stereocenters. The third kappa shape index (κ3) is 4.96. The van der Waals surface area contributed by atoms with Crippen LogP contribution in [0.25, 0.3) is 0 Å². The summed E-state index contributed by atoms with van der Waals surface area (Å²) in [6, 6.07) is 5.25. The van der Waals surface area contributed by atoms with Crippen LogP contribution in [0.2, 0.25) is 0 Å². The van der Waals surface area contributed by atoms with Crippen LogP contribution in [0.4, 0.5) is 13.2 Å². The number of halogens is 3. The second kappa shape index (κ2) is 6.09. The maximum absolute atomic E-state index is 12.5. The van der Waals surface area contributed by atoms with Crippen molar-refractivity contribution in [2.24, 2.45) is 0 Å². The molecule has 0 fully saturated rings. The minimum absolute atomic E-state index is 0.184. The van der Waals surface area contributed by atoms with Gasteiger partial charge in [-0.25, -0.2) is 0 Å². The van der Waals surface area contributed by atoms with E-state index in [0.29, 0.717) is 12.6 Å². The third-order valence-electron chi connectivity index (χ3n) is 2.31. The number of rotatable bonds is 5. The van der Waals surface area contributed by atoms with E-state index in [1.54, 1.807) is 0 Å². The fourth-order valence-corrected chi connectivity index (χ4v) is 1.42. The Hall–Kier alpha value is -1.23. The molecule has 0 aliphatic rings. The fraction of sp³-hybridized carbons (Fsp3) is 0.538. The number of hydrogen-bond acceptors (Lipinski definition) is 2. The van der Waals surface area contributed by atoms with Crippen molar-refractivity contribution in [3.63, 3.8) is 0 Å². The van der Waals surface area contributed by atoms with Crippen LogP contribution < -0.4 is 10.1 Å². The number of nitrogens with one attached hydrogen (secondary N) is 1. The van der Waals surface area contributed by atoms with Gasteiger partial charge in [-0.05, 0) is 25.1 Å². The first kappa shape index (κ1) is 14.8. The Kier molecular flexibility index (Phi) is 5.02. The van der Waals surface area contributed by atoms with Gasteiger partial charge < -0.3 is 10.1 Å². The van der Waals surface area contributed by atoms with Crippen molar-refractivity contribution in [3.05, 3.63) is 29.8 Å². The van der Waals surface area contributed by atoms with Gasteiger partial charge in [-0.2, -0.15) is 13.2 Å². The van der Waals surface area contributed by atoms with Gasteiger partial charge in [0.05, 0.1) is 5.56 Å². The number of alkyl halides is 3. The van der Waals surface area contributed by atoms with Crippen LogP contribution in [0, 0.1) is 0 Å². The summed E-state index contributed by atoms with van der Waals surface area (Å²) in [6.45, 7) is 6.40. The lowest BCUT2D eigenvalue weighted by Crippen LogP contribution is -2.33. The standard InChI is InChI=1S/C13H18F3NO/c1-9(2)17-8-10(3)18-12-6-4-5-11(7-12)13(14,15)16/h4-7,9-10,17H,8H2,1-3H3. The molecule has 1 N–H and O–H groups in total. The predicted octanol–water partition coefficient (Wildman–Crippen LogP) is 3.47. The van der Waals surface area contributed by atoms with Crippen LogP contribution in [0.5, 0.6) is 5.75 Å². The fourth-order valence-electron chi connectivity index (χ4n) is 1.42. The van der Waals surface area contributed by atoms with E-state index in [0.717, 1.165) is 12.1 Å². The van der Waals surface area contributed by atoms with E-state index in [2.05, 4.69) is 5.32 Å². The maximum atomic E-state index is 12.5. The van der Waals surface area contributed by atoms with Crippen molar-refractivity contribution in [1.29, 1.82) is 0 Å². The van der Waals surface area contributed by atoms with E-state index in [9.17, 15) is 13.2 Å². The van der Waals surface area contributed by atoms with Crippen molar-refractivity contribution in [3.8, 4) is 5.75 Å². The zero-order valence-electron chi connectivity index (χ0n) is 10.7. The number of hydrogen-bond donors (Lipinski definition) is 1. The van der Waals surface area contributed by atoms with Gasteiger partial charge in [-0.3, -0.25) is 0 Å². The molecule has 0 saturated heterocycles. The van der Waals surface area contributed by atoms with Crippen LogP contribution in [0.1, 0.15) is 26.3 Å². The molecular weight excluding hydrogens is 243 g/mol. The van der Waals surface area contributed by atoms with Crippen LogP contribution >= 0.6 is 0 Å². The van der Waals surface area contributed by atoms with E-state index >= 15 is 0 Å². The van der Waals surface area contributed by atoms with Gasteiger partial charge in [-0.15, -0.1) is 0 Å². The normalized spacial score (nSPS) is 13.7.